The van der Waals surface area contributed by atoms with Gasteiger partial charge in [0.25, 0.3) is 0 Å². The summed E-state index contributed by atoms with van der Waals surface area (Å²) in [5.74, 6) is 1.05. The summed E-state index contributed by atoms with van der Waals surface area (Å²) in [4.78, 5) is 24.9. The van der Waals surface area contributed by atoms with Crippen LogP contribution in [0.4, 0.5) is 5.95 Å². The molecule has 114 valence electrons. The molecule has 0 aromatic carbocycles. The van der Waals surface area contributed by atoms with Crippen LogP contribution < -0.4 is 10.2 Å². The van der Waals surface area contributed by atoms with E-state index in [1.165, 1.54) is 12.8 Å². The number of nitrogens with one attached hydrogen (secondary N) is 1. The van der Waals surface area contributed by atoms with E-state index in [-0.39, 0.29) is 5.91 Å². The number of piperazine rings is 1. The van der Waals surface area contributed by atoms with E-state index in [1.807, 2.05) is 11.0 Å². The molecule has 3 rings (SSSR count). The van der Waals surface area contributed by atoms with Crippen LogP contribution >= 0.6 is 0 Å². The Morgan fingerprint density at radius 1 is 1.24 bits per heavy atom. The lowest BCUT2D eigenvalue weighted by Crippen LogP contribution is -2.49. The minimum Gasteiger partial charge on any atom is -0.339 e. The Hall–Kier alpha value is -1.69. The van der Waals surface area contributed by atoms with Gasteiger partial charge in [0.05, 0.1) is 0 Å². The van der Waals surface area contributed by atoms with E-state index in [0.717, 1.165) is 45.1 Å². The summed E-state index contributed by atoms with van der Waals surface area (Å²) >= 11 is 0. The molecule has 3 heterocycles. The second kappa shape index (κ2) is 6.85. The zero-order valence-corrected chi connectivity index (χ0v) is 12.4. The van der Waals surface area contributed by atoms with Crippen molar-refractivity contribution < 1.29 is 4.79 Å². The molecule has 2 aliphatic rings. The van der Waals surface area contributed by atoms with Crippen LogP contribution in [-0.2, 0) is 4.79 Å². The molecule has 0 bridgehead atoms. The maximum atomic E-state index is 12.2. The van der Waals surface area contributed by atoms with Gasteiger partial charge in [0, 0.05) is 51.0 Å². The highest BCUT2D eigenvalue weighted by atomic mass is 16.2. The second-order valence-electron chi connectivity index (χ2n) is 5.75. The third kappa shape index (κ3) is 3.69. The third-order valence-corrected chi connectivity index (χ3v) is 4.34. The number of anilines is 1. The van der Waals surface area contributed by atoms with Crippen molar-refractivity contribution in [1.82, 2.24) is 20.2 Å². The van der Waals surface area contributed by atoms with Crippen LogP contribution in [-0.4, -0.2) is 59.5 Å². The first-order chi connectivity index (χ1) is 10.3. The molecular formula is C15H23N5O. The second-order valence-corrected chi connectivity index (χ2v) is 5.75. The zero-order valence-electron chi connectivity index (χ0n) is 12.4. The Kier molecular flexibility index (Phi) is 4.65. The molecule has 6 heteroatoms. The van der Waals surface area contributed by atoms with Gasteiger partial charge in [-0.1, -0.05) is 0 Å². The van der Waals surface area contributed by atoms with E-state index in [0.29, 0.717) is 12.5 Å². The lowest BCUT2D eigenvalue weighted by Gasteiger charge is -2.34. The number of hydrogen-bond donors (Lipinski definition) is 1. The molecule has 0 radical (unpaired) electrons. The molecule has 0 saturated carbocycles. The average Bonchev–Trinajstić information content (AvgIpc) is 3.07. The maximum absolute atomic E-state index is 12.2. The van der Waals surface area contributed by atoms with Gasteiger partial charge in [-0.3, -0.25) is 4.79 Å². The van der Waals surface area contributed by atoms with Gasteiger partial charge in [0.1, 0.15) is 0 Å². The van der Waals surface area contributed by atoms with Gasteiger partial charge in [-0.25, -0.2) is 9.97 Å². The summed E-state index contributed by atoms with van der Waals surface area (Å²) in [6.45, 7) is 4.29. The molecule has 6 nitrogen and oxygen atoms in total. The fourth-order valence-corrected chi connectivity index (χ4v) is 3.07. The van der Waals surface area contributed by atoms with Gasteiger partial charge in [0.2, 0.25) is 11.9 Å². The molecule has 2 fully saturated rings. The number of rotatable bonds is 4. The first-order valence-corrected chi connectivity index (χ1v) is 7.86. The van der Waals surface area contributed by atoms with Crippen LogP contribution in [0.1, 0.15) is 25.7 Å². The molecule has 0 aliphatic carbocycles. The fraction of sp³-hybridized carbons (Fsp3) is 0.667. The topological polar surface area (TPSA) is 61.4 Å². The number of carbonyl (C=O) groups excluding carboxylic acids is 1. The number of amides is 1. The van der Waals surface area contributed by atoms with Crippen LogP contribution in [0.15, 0.2) is 18.5 Å². The SMILES string of the molecule is O=C(CCC1CCCN1)N1CCN(c2ncccn2)CC1. The number of carbonyl (C=O) groups is 1. The Morgan fingerprint density at radius 2 is 2.00 bits per heavy atom. The van der Waals surface area contributed by atoms with Crippen molar-refractivity contribution in [3.8, 4) is 0 Å². The normalized spacial score (nSPS) is 22.6. The first kappa shape index (κ1) is 14.3. The van der Waals surface area contributed by atoms with Crippen LogP contribution in [0.2, 0.25) is 0 Å². The van der Waals surface area contributed by atoms with E-state index in [9.17, 15) is 4.79 Å². The van der Waals surface area contributed by atoms with Crippen LogP contribution in [0.25, 0.3) is 0 Å². The van der Waals surface area contributed by atoms with Crippen molar-refractivity contribution in [1.29, 1.82) is 0 Å². The van der Waals surface area contributed by atoms with Crippen molar-refractivity contribution >= 4 is 11.9 Å². The van der Waals surface area contributed by atoms with Gasteiger partial charge in [-0.2, -0.15) is 0 Å². The molecule has 0 spiro atoms. The Bertz CT molecular complexity index is 452. The highest BCUT2D eigenvalue weighted by molar-refractivity contribution is 5.76. The lowest BCUT2D eigenvalue weighted by molar-refractivity contribution is -0.131. The van der Waals surface area contributed by atoms with E-state index < -0.39 is 0 Å². The van der Waals surface area contributed by atoms with Crippen molar-refractivity contribution in [2.24, 2.45) is 0 Å². The molecule has 1 amide bonds. The standard InChI is InChI=1S/C15H23N5O/c21-14(5-4-13-3-1-6-16-13)19-9-11-20(12-10-19)15-17-7-2-8-18-15/h2,7-8,13,16H,1,3-6,9-12H2. The highest BCUT2D eigenvalue weighted by Gasteiger charge is 2.23. The minimum atomic E-state index is 0.289. The lowest BCUT2D eigenvalue weighted by atomic mass is 10.1. The first-order valence-electron chi connectivity index (χ1n) is 7.86. The van der Waals surface area contributed by atoms with Gasteiger partial charge in [-0.05, 0) is 31.9 Å². The van der Waals surface area contributed by atoms with Crippen molar-refractivity contribution in [2.75, 3.05) is 37.6 Å². The van der Waals surface area contributed by atoms with E-state index >= 15 is 0 Å². The Balaban J connectivity index is 1.43. The van der Waals surface area contributed by atoms with Gasteiger partial charge < -0.3 is 15.1 Å². The van der Waals surface area contributed by atoms with Crippen molar-refractivity contribution in [3.63, 3.8) is 0 Å². The molecular weight excluding hydrogens is 266 g/mol. The molecule has 1 N–H and O–H groups in total. The van der Waals surface area contributed by atoms with Crippen LogP contribution in [0.3, 0.4) is 0 Å². The number of hydrogen-bond acceptors (Lipinski definition) is 5. The molecule has 21 heavy (non-hydrogen) atoms. The van der Waals surface area contributed by atoms with Gasteiger partial charge in [0.15, 0.2) is 0 Å². The number of nitrogens with zero attached hydrogens (tertiary/aromatic N) is 4. The van der Waals surface area contributed by atoms with Gasteiger partial charge >= 0.3 is 0 Å². The summed E-state index contributed by atoms with van der Waals surface area (Å²) in [5.41, 5.74) is 0. The van der Waals surface area contributed by atoms with E-state index in [1.54, 1.807) is 12.4 Å². The number of aromatic nitrogens is 2. The summed E-state index contributed by atoms with van der Waals surface area (Å²) in [6.07, 6.45) is 7.62. The molecule has 1 atom stereocenters. The molecule has 1 unspecified atom stereocenters. The fourth-order valence-electron chi connectivity index (χ4n) is 3.07. The molecule has 2 saturated heterocycles. The average molecular weight is 289 g/mol. The third-order valence-electron chi connectivity index (χ3n) is 4.34. The van der Waals surface area contributed by atoms with Crippen LogP contribution in [0, 0.1) is 0 Å². The van der Waals surface area contributed by atoms with Crippen molar-refractivity contribution in [3.05, 3.63) is 18.5 Å². The maximum Gasteiger partial charge on any atom is 0.225 e. The summed E-state index contributed by atoms with van der Waals surface area (Å²) in [7, 11) is 0. The van der Waals surface area contributed by atoms with Crippen LogP contribution in [0.5, 0.6) is 0 Å². The predicted molar refractivity (Wildman–Crippen MR) is 81.1 cm³/mol. The summed E-state index contributed by atoms with van der Waals surface area (Å²) in [5, 5.41) is 3.45. The summed E-state index contributed by atoms with van der Waals surface area (Å²) < 4.78 is 0. The molecule has 1 aromatic rings. The Morgan fingerprint density at radius 3 is 2.67 bits per heavy atom. The smallest absolute Gasteiger partial charge is 0.225 e. The molecule has 1 aromatic heterocycles. The van der Waals surface area contributed by atoms with Crippen molar-refractivity contribution in [2.45, 2.75) is 31.7 Å². The predicted octanol–water partition coefficient (Wildman–Crippen LogP) is 0.657. The molecule has 2 aliphatic heterocycles. The summed E-state index contributed by atoms with van der Waals surface area (Å²) in [6, 6.07) is 2.37. The van der Waals surface area contributed by atoms with E-state index in [4.69, 9.17) is 0 Å². The largest absolute Gasteiger partial charge is 0.339 e. The quantitative estimate of drug-likeness (QED) is 0.882. The Labute approximate surface area is 125 Å². The minimum absolute atomic E-state index is 0.289. The van der Waals surface area contributed by atoms with E-state index in [2.05, 4.69) is 20.2 Å². The highest BCUT2D eigenvalue weighted by Crippen LogP contribution is 2.14. The monoisotopic (exact) mass is 289 g/mol. The van der Waals surface area contributed by atoms with Gasteiger partial charge in [-0.15, -0.1) is 0 Å². The zero-order chi connectivity index (χ0) is 14.5.